The summed E-state index contributed by atoms with van der Waals surface area (Å²) in [6.07, 6.45) is 1.59. The molecule has 0 saturated carbocycles. The summed E-state index contributed by atoms with van der Waals surface area (Å²) in [7, 11) is 0. The van der Waals surface area contributed by atoms with Gasteiger partial charge in [-0.1, -0.05) is 11.3 Å². The summed E-state index contributed by atoms with van der Waals surface area (Å²) in [4.78, 5) is 0.776. The molecule has 84 valence electrons. The quantitative estimate of drug-likeness (QED) is 0.652. The summed E-state index contributed by atoms with van der Waals surface area (Å²) in [5.74, 6) is 1.53. The fourth-order valence-corrected chi connectivity index (χ4v) is 2.52. The molecular weight excluding hydrogens is 240 g/mol. The molecule has 0 bridgehead atoms. The molecule has 0 spiro atoms. The third-order valence-corrected chi connectivity index (χ3v) is 3.47. The van der Waals surface area contributed by atoms with E-state index in [2.05, 4.69) is 15.3 Å². The monoisotopic (exact) mass is 246 g/mol. The molecule has 3 aromatic rings. The largest absolute Gasteiger partial charge is 0.454 e. The van der Waals surface area contributed by atoms with Gasteiger partial charge < -0.3 is 9.47 Å². The number of aromatic nitrogens is 4. The van der Waals surface area contributed by atoms with Crippen LogP contribution in [0.1, 0.15) is 0 Å². The van der Waals surface area contributed by atoms with Crippen LogP contribution in [0.2, 0.25) is 0 Å². The first-order valence-corrected chi connectivity index (χ1v) is 5.79. The topological polar surface area (TPSA) is 61.5 Å². The van der Waals surface area contributed by atoms with Crippen LogP contribution in [0.15, 0.2) is 24.5 Å². The zero-order valence-corrected chi connectivity index (χ0v) is 9.35. The van der Waals surface area contributed by atoms with Gasteiger partial charge in [-0.2, -0.15) is 9.61 Å². The van der Waals surface area contributed by atoms with Crippen molar-refractivity contribution in [3.05, 3.63) is 24.5 Å². The first-order chi connectivity index (χ1) is 8.40. The van der Waals surface area contributed by atoms with Crippen LogP contribution in [0.3, 0.4) is 0 Å². The van der Waals surface area contributed by atoms with Crippen molar-refractivity contribution in [2.45, 2.75) is 0 Å². The van der Waals surface area contributed by atoms with Crippen LogP contribution in [-0.2, 0) is 0 Å². The van der Waals surface area contributed by atoms with E-state index in [0.29, 0.717) is 0 Å². The molecule has 7 heteroatoms. The number of hydrogen-bond donors (Lipinski definition) is 0. The molecule has 1 aliphatic rings. The Labute approximate surface area is 99.4 Å². The molecule has 0 amide bonds. The van der Waals surface area contributed by atoms with Gasteiger partial charge in [0.25, 0.3) is 0 Å². The molecule has 6 nitrogen and oxygen atoms in total. The Morgan fingerprint density at radius 1 is 1.24 bits per heavy atom. The fraction of sp³-hybridized carbons (Fsp3) is 0.100. The molecule has 17 heavy (non-hydrogen) atoms. The van der Waals surface area contributed by atoms with E-state index in [1.165, 1.54) is 11.3 Å². The molecule has 0 radical (unpaired) electrons. The average molecular weight is 246 g/mol. The van der Waals surface area contributed by atoms with Gasteiger partial charge in [-0.3, -0.25) is 0 Å². The Hall–Kier alpha value is -2.15. The summed E-state index contributed by atoms with van der Waals surface area (Å²) < 4.78 is 12.3. The first-order valence-electron chi connectivity index (χ1n) is 4.97. The van der Waals surface area contributed by atoms with Gasteiger partial charge in [-0.05, 0) is 18.2 Å². The molecule has 1 aromatic carbocycles. The number of ether oxygens (including phenoxy) is 2. The van der Waals surface area contributed by atoms with Crippen LogP contribution >= 0.6 is 11.3 Å². The van der Waals surface area contributed by atoms with Crippen molar-refractivity contribution in [1.82, 2.24) is 19.8 Å². The predicted molar refractivity (Wildman–Crippen MR) is 60.2 cm³/mol. The number of fused-ring (bicyclic) bond motifs is 2. The molecule has 3 heterocycles. The lowest BCUT2D eigenvalue weighted by Gasteiger charge is -1.98. The van der Waals surface area contributed by atoms with Gasteiger partial charge in [0.05, 0.1) is 0 Å². The summed E-state index contributed by atoms with van der Waals surface area (Å²) in [6.45, 7) is 0.282. The maximum Gasteiger partial charge on any atom is 0.234 e. The van der Waals surface area contributed by atoms with E-state index in [9.17, 15) is 0 Å². The van der Waals surface area contributed by atoms with Crippen molar-refractivity contribution in [1.29, 1.82) is 0 Å². The number of benzene rings is 1. The molecule has 0 unspecified atom stereocenters. The minimum atomic E-state index is 0.282. The maximum absolute atomic E-state index is 5.34. The molecule has 0 atom stereocenters. The van der Waals surface area contributed by atoms with Gasteiger partial charge in [0.15, 0.2) is 11.5 Å². The van der Waals surface area contributed by atoms with E-state index in [-0.39, 0.29) is 6.79 Å². The van der Waals surface area contributed by atoms with Gasteiger partial charge in [0.2, 0.25) is 11.8 Å². The molecule has 1 aliphatic heterocycles. The molecule has 0 aliphatic carbocycles. The van der Waals surface area contributed by atoms with Crippen LogP contribution in [-0.4, -0.2) is 26.6 Å². The Kier molecular flexibility index (Phi) is 1.67. The van der Waals surface area contributed by atoms with E-state index in [1.54, 1.807) is 10.8 Å². The summed E-state index contributed by atoms with van der Waals surface area (Å²) in [6, 6.07) is 5.77. The lowest BCUT2D eigenvalue weighted by molar-refractivity contribution is 0.174. The fourth-order valence-electron chi connectivity index (χ4n) is 1.71. The van der Waals surface area contributed by atoms with Crippen molar-refractivity contribution in [2.24, 2.45) is 0 Å². The minimum Gasteiger partial charge on any atom is -0.454 e. The van der Waals surface area contributed by atoms with Crippen molar-refractivity contribution in [2.75, 3.05) is 6.79 Å². The Morgan fingerprint density at radius 3 is 3.12 bits per heavy atom. The molecule has 0 saturated heterocycles. The van der Waals surface area contributed by atoms with Crippen LogP contribution in [0.25, 0.3) is 15.5 Å². The normalized spacial score (nSPS) is 13.4. The van der Waals surface area contributed by atoms with Crippen LogP contribution in [0.5, 0.6) is 11.5 Å². The molecule has 0 N–H and O–H groups in total. The van der Waals surface area contributed by atoms with Gasteiger partial charge >= 0.3 is 0 Å². The van der Waals surface area contributed by atoms with Gasteiger partial charge in [-0.25, -0.2) is 0 Å². The van der Waals surface area contributed by atoms with Crippen molar-refractivity contribution in [3.8, 4) is 22.1 Å². The molecular formula is C10H6N4O2S. The zero-order valence-electron chi connectivity index (χ0n) is 8.53. The highest BCUT2D eigenvalue weighted by Gasteiger charge is 2.15. The Balaban J connectivity index is 1.86. The lowest BCUT2D eigenvalue weighted by atomic mass is 10.2. The molecule has 4 rings (SSSR count). The number of hydrogen-bond acceptors (Lipinski definition) is 6. The average Bonchev–Trinajstić information content (AvgIpc) is 3.02. The van der Waals surface area contributed by atoms with E-state index in [4.69, 9.17) is 9.47 Å². The second-order valence-electron chi connectivity index (χ2n) is 3.53. The van der Waals surface area contributed by atoms with Gasteiger partial charge in [0.1, 0.15) is 11.3 Å². The smallest absolute Gasteiger partial charge is 0.234 e. The highest BCUT2D eigenvalue weighted by atomic mass is 32.1. The maximum atomic E-state index is 5.34. The van der Waals surface area contributed by atoms with Gasteiger partial charge in [0, 0.05) is 5.56 Å². The first kappa shape index (κ1) is 8.94. The summed E-state index contributed by atoms with van der Waals surface area (Å²) in [5, 5.41) is 13.0. The second-order valence-corrected chi connectivity index (χ2v) is 4.49. The zero-order chi connectivity index (χ0) is 11.2. The standard InChI is InChI=1S/C10H6N4O2S/c1-2-7-8(16-5-15-7)3-6(1)9-13-14-4-11-12-10(14)17-9/h1-4H,5H2. The van der Waals surface area contributed by atoms with Crippen molar-refractivity contribution >= 4 is 16.3 Å². The molecule has 0 fully saturated rings. The van der Waals surface area contributed by atoms with Crippen LogP contribution in [0, 0.1) is 0 Å². The van der Waals surface area contributed by atoms with E-state index in [0.717, 1.165) is 27.0 Å². The number of rotatable bonds is 1. The SMILES string of the molecule is c1cc2c(cc1-c1nn3cnnc3s1)OCO2. The second kappa shape index (κ2) is 3.17. The van der Waals surface area contributed by atoms with Crippen LogP contribution < -0.4 is 9.47 Å². The van der Waals surface area contributed by atoms with Crippen molar-refractivity contribution < 1.29 is 9.47 Å². The van der Waals surface area contributed by atoms with Crippen LogP contribution in [0.4, 0.5) is 0 Å². The number of nitrogens with zero attached hydrogens (tertiary/aromatic N) is 4. The van der Waals surface area contributed by atoms with E-state index >= 15 is 0 Å². The van der Waals surface area contributed by atoms with E-state index in [1.807, 2.05) is 18.2 Å². The third-order valence-electron chi connectivity index (χ3n) is 2.51. The summed E-state index contributed by atoms with van der Waals surface area (Å²) in [5.41, 5.74) is 0.991. The van der Waals surface area contributed by atoms with Crippen molar-refractivity contribution in [3.63, 3.8) is 0 Å². The Bertz CT molecular complexity index is 677. The summed E-state index contributed by atoms with van der Waals surface area (Å²) >= 11 is 1.48. The predicted octanol–water partition coefficient (Wildman–Crippen LogP) is 1.58. The van der Waals surface area contributed by atoms with Gasteiger partial charge in [-0.15, -0.1) is 10.2 Å². The van der Waals surface area contributed by atoms with E-state index < -0.39 is 0 Å². The third kappa shape index (κ3) is 1.29. The molecule has 2 aromatic heterocycles. The highest BCUT2D eigenvalue weighted by Crippen LogP contribution is 2.36. The Morgan fingerprint density at radius 2 is 2.18 bits per heavy atom. The minimum absolute atomic E-state index is 0.282. The highest BCUT2D eigenvalue weighted by molar-refractivity contribution is 7.19. The lowest BCUT2D eigenvalue weighted by Crippen LogP contribution is -1.92.